The molecule has 1 aromatic carbocycles. The monoisotopic (exact) mass is 369 g/mol. The van der Waals surface area contributed by atoms with E-state index in [1.165, 1.54) is 11.8 Å². The Morgan fingerprint density at radius 3 is 2.85 bits per heavy atom. The van der Waals surface area contributed by atoms with E-state index in [0.29, 0.717) is 34.9 Å². The van der Waals surface area contributed by atoms with E-state index in [4.69, 9.17) is 14.6 Å². The van der Waals surface area contributed by atoms with Crippen LogP contribution in [0.2, 0.25) is 0 Å². The molecule has 0 aliphatic carbocycles. The minimum atomic E-state index is -0.390. The molecule has 0 aliphatic heterocycles. The molecule has 3 heterocycles. The second-order valence-corrected chi connectivity index (χ2v) is 6.46. The van der Waals surface area contributed by atoms with Crippen molar-refractivity contribution in [3.05, 3.63) is 48.6 Å². The van der Waals surface area contributed by atoms with E-state index in [1.807, 2.05) is 28.8 Å². The first kappa shape index (κ1) is 16.4. The summed E-state index contributed by atoms with van der Waals surface area (Å²) in [6, 6.07) is 11.2. The van der Waals surface area contributed by atoms with Gasteiger partial charge in [0.05, 0.1) is 12.0 Å². The van der Waals surface area contributed by atoms with Crippen molar-refractivity contribution < 1.29 is 13.6 Å². The molecule has 1 amide bonds. The van der Waals surface area contributed by atoms with Crippen LogP contribution in [0.25, 0.3) is 22.7 Å². The van der Waals surface area contributed by atoms with Crippen LogP contribution in [-0.2, 0) is 17.1 Å². The first-order valence-corrected chi connectivity index (χ1v) is 8.92. The maximum Gasteiger partial charge on any atom is 0.219 e. The molecule has 132 valence electrons. The van der Waals surface area contributed by atoms with Gasteiger partial charge in [-0.25, -0.2) is 4.98 Å². The summed E-state index contributed by atoms with van der Waals surface area (Å²) < 4.78 is 12.9. The van der Waals surface area contributed by atoms with Gasteiger partial charge in [0.2, 0.25) is 11.8 Å². The average Bonchev–Trinajstić information content (AvgIpc) is 3.35. The molecular formula is C17H15N5O3S. The Bertz CT molecular complexity index is 1000. The molecule has 4 aromatic rings. The van der Waals surface area contributed by atoms with Crippen molar-refractivity contribution in [2.24, 2.45) is 5.73 Å². The molecule has 0 unspecified atom stereocenters. The lowest BCUT2D eigenvalue weighted by Gasteiger charge is -2.07. The third-order valence-electron chi connectivity index (χ3n) is 3.70. The van der Waals surface area contributed by atoms with Gasteiger partial charge in [0.1, 0.15) is 5.52 Å². The smallest absolute Gasteiger partial charge is 0.219 e. The summed E-state index contributed by atoms with van der Waals surface area (Å²) in [6.45, 7) is 0.369. The Labute approximate surface area is 152 Å². The molecule has 3 aromatic heterocycles. The Balaban J connectivity index is 1.57. The lowest BCUT2D eigenvalue weighted by Crippen LogP contribution is -2.15. The van der Waals surface area contributed by atoms with Gasteiger partial charge < -0.3 is 14.6 Å². The van der Waals surface area contributed by atoms with E-state index < -0.39 is 0 Å². The fraction of sp³-hybridized carbons (Fsp3) is 0.176. The molecular weight excluding hydrogens is 354 g/mol. The largest absolute Gasteiger partial charge is 0.461 e. The summed E-state index contributed by atoms with van der Waals surface area (Å²) in [5.41, 5.74) is 6.85. The normalized spacial score (nSPS) is 11.2. The number of carbonyl (C=O) groups excluding carboxylic acids is 1. The quantitative estimate of drug-likeness (QED) is 0.498. The molecule has 0 spiro atoms. The topological polar surface area (TPSA) is 113 Å². The summed E-state index contributed by atoms with van der Waals surface area (Å²) in [7, 11) is 0. The zero-order chi connectivity index (χ0) is 17.9. The predicted octanol–water partition coefficient (Wildman–Crippen LogP) is 2.85. The molecule has 4 rings (SSSR count). The van der Waals surface area contributed by atoms with Crippen molar-refractivity contribution in [1.82, 2.24) is 19.7 Å². The van der Waals surface area contributed by atoms with Crippen molar-refractivity contribution in [3.8, 4) is 11.6 Å². The number of oxazole rings is 1. The van der Waals surface area contributed by atoms with Crippen LogP contribution >= 0.6 is 11.8 Å². The fourth-order valence-electron chi connectivity index (χ4n) is 2.52. The zero-order valence-electron chi connectivity index (χ0n) is 13.7. The zero-order valence-corrected chi connectivity index (χ0v) is 14.5. The minimum Gasteiger partial charge on any atom is -0.461 e. The molecule has 2 N–H and O–H groups in total. The molecule has 0 aliphatic rings. The second-order valence-electron chi connectivity index (χ2n) is 5.52. The highest BCUT2D eigenvalue weighted by atomic mass is 32.2. The van der Waals surface area contributed by atoms with Gasteiger partial charge in [-0.15, -0.1) is 10.2 Å². The number of carbonyl (C=O) groups is 1. The fourth-order valence-corrected chi connectivity index (χ4v) is 3.32. The van der Waals surface area contributed by atoms with E-state index in [1.54, 1.807) is 18.4 Å². The summed E-state index contributed by atoms with van der Waals surface area (Å²) >= 11 is 1.42. The van der Waals surface area contributed by atoms with Crippen LogP contribution in [0, 0.1) is 0 Å². The van der Waals surface area contributed by atoms with Crippen LogP contribution in [0.3, 0.4) is 0 Å². The number of primary amides is 1. The van der Waals surface area contributed by atoms with Crippen molar-refractivity contribution >= 4 is 28.8 Å². The summed E-state index contributed by atoms with van der Waals surface area (Å²) in [4.78, 5) is 15.6. The summed E-state index contributed by atoms with van der Waals surface area (Å²) in [5.74, 6) is 1.83. The van der Waals surface area contributed by atoms with Gasteiger partial charge in [-0.05, 0) is 24.3 Å². The van der Waals surface area contributed by atoms with Crippen molar-refractivity contribution in [2.45, 2.75) is 23.9 Å². The SMILES string of the molecule is NC(=O)CCn1c(SCc2nc3ccccc3o2)nnc1-c1ccco1. The van der Waals surface area contributed by atoms with E-state index in [0.717, 1.165) is 11.1 Å². The number of para-hydroxylation sites is 2. The Kier molecular flexibility index (Phi) is 4.44. The van der Waals surface area contributed by atoms with Crippen LogP contribution in [0.1, 0.15) is 12.3 Å². The maximum atomic E-state index is 11.2. The van der Waals surface area contributed by atoms with Gasteiger partial charge in [0.25, 0.3) is 0 Å². The van der Waals surface area contributed by atoms with Crippen LogP contribution in [0.4, 0.5) is 0 Å². The highest BCUT2D eigenvalue weighted by Gasteiger charge is 2.18. The van der Waals surface area contributed by atoms with Crippen molar-refractivity contribution in [1.29, 1.82) is 0 Å². The molecule has 0 saturated carbocycles. The molecule has 0 saturated heterocycles. The summed E-state index contributed by atoms with van der Waals surface area (Å²) in [5, 5.41) is 9.04. The number of amides is 1. The average molecular weight is 369 g/mol. The number of aromatic nitrogens is 4. The molecule has 0 fully saturated rings. The molecule has 0 bridgehead atoms. The van der Waals surface area contributed by atoms with Gasteiger partial charge in [-0.3, -0.25) is 9.36 Å². The third-order valence-corrected chi connectivity index (χ3v) is 4.65. The molecule has 0 radical (unpaired) electrons. The van der Waals surface area contributed by atoms with E-state index in [9.17, 15) is 4.79 Å². The van der Waals surface area contributed by atoms with E-state index >= 15 is 0 Å². The van der Waals surface area contributed by atoms with E-state index in [2.05, 4.69) is 15.2 Å². The first-order valence-electron chi connectivity index (χ1n) is 7.93. The number of fused-ring (bicyclic) bond motifs is 1. The van der Waals surface area contributed by atoms with Crippen LogP contribution in [0.5, 0.6) is 0 Å². The number of hydrogen-bond donors (Lipinski definition) is 1. The molecule has 8 nitrogen and oxygen atoms in total. The Morgan fingerprint density at radius 2 is 2.08 bits per heavy atom. The Hall–Kier alpha value is -3.07. The molecule has 9 heteroatoms. The number of benzene rings is 1. The van der Waals surface area contributed by atoms with Crippen LogP contribution < -0.4 is 5.73 Å². The van der Waals surface area contributed by atoms with Gasteiger partial charge in [-0.2, -0.15) is 0 Å². The van der Waals surface area contributed by atoms with E-state index in [-0.39, 0.29) is 12.3 Å². The molecule has 0 atom stereocenters. The van der Waals surface area contributed by atoms with Crippen molar-refractivity contribution in [3.63, 3.8) is 0 Å². The highest BCUT2D eigenvalue weighted by Crippen LogP contribution is 2.27. The van der Waals surface area contributed by atoms with Gasteiger partial charge in [-0.1, -0.05) is 23.9 Å². The maximum absolute atomic E-state index is 11.2. The van der Waals surface area contributed by atoms with Gasteiger partial charge >= 0.3 is 0 Å². The number of nitrogens with zero attached hydrogens (tertiary/aromatic N) is 4. The van der Waals surface area contributed by atoms with Gasteiger partial charge in [0.15, 0.2) is 22.3 Å². The summed E-state index contributed by atoms with van der Waals surface area (Å²) in [6.07, 6.45) is 1.75. The third kappa shape index (κ3) is 3.33. The second kappa shape index (κ2) is 7.04. The lowest BCUT2D eigenvalue weighted by atomic mass is 10.3. The minimum absolute atomic E-state index is 0.183. The number of hydrogen-bond acceptors (Lipinski definition) is 7. The number of rotatable bonds is 7. The number of thioether (sulfide) groups is 1. The van der Waals surface area contributed by atoms with Crippen molar-refractivity contribution in [2.75, 3.05) is 0 Å². The van der Waals surface area contributed by atoms with Crippen LogP contribution in [0.15, 0.2) is 56.7 Å². The first-order chi connectivity index (χ1) is 12.7. The number of furan rings is 1. The highest BCUT2D eigenvalue weighted by molar-refractivity contribution is 7.98. The molecule has 26 heavy (non-hydrogen) atoms. The number of nitrogens with two attached hydrogens (primary N) is 1. The van der Waals surface area contributed by atoms with Gasteiger partial charge in [0, 0.05) is 13.0 Å². The predicted molar refractivity (Wildman–Crippen MR) is 95.1 cm³/mol. The Morgan fingerprint density at radius 1 is 1.19 bits per heavy atom. The standard InChI is InChI=1S/C17H15N5O3S/c18-14(23)7-8-22-16(13-6-3-9-24-13)20-21-17(22)26-10-15-19-11-4-1-2-5-12(11)25-15/h1-6,9H,7-8,10H2,(H2,18,23). The van der Waals surface area contributed by atoms with Crippen LogP contribution in [-0.4, -0.2) is 25.7 Å². The lowest BCUT2D eigenvalue weighted by molar-refractivity contribution is -0.118.